The molecule has 0 aliphatic rings. The number of ether oxygens (including phenoxy) is 1. The van der Waals surface area contributed by atoms with Crippen molar-refractivity contribution in [1.29, 1.82) is 0 Å². The summed E-state index contributed by atoms with van der Waals surface area (Å²) >= 11 is 0. The molecule has 0 saturated carbocycles. The van der Waals surface area contributed by atoms with Gasteiger partial charge in [0.05, 0.1) is 12.2 Å². The van der Waals surface area contributed by atoms with Crippen LogP contribution in [0.15, 0.2) is 18.2 Å². The van der Waals surface area contributed by atoms with Gasteiger partial charge in [-0.15, -0.1) is 0 Å². The molecule has 1 N–H and O–H groups in total. The van der Waals surface area contributed by atoms with E-state index in [4.69, 9.17) is 9.84 Å². The first-order valence-electron chi connectivity index (χ1n) is 6.82. The first-order chi connectivity index (χ1) is 9.40. The van der Waals surface area contributed by atoms with Crippen molar-refractivity contribution < 1.29 is 23.0 Å². The number of aliphatic hydroxyl groups excluding tert-OH is 1. The molecule has 0 spiro atoms. The summed E-state index contributed by atoms with van der Waals surface area (Å²) in [6.07, 6.45) is -2.45. The van der Waals surface area contributed by atoms with Crippen LogP contribution >= 0.6 is 0 Å². The molecule has 0 bridgehead atoms. The van der Waals surface area contributed by atoms with Gasteiger partial charge in [0.1, 0.15) is 12.4 Å². The van der Waals surface area contributed by atoms with E-state index in [-0.39, 0.29) is 24.5 Å². The van der Waals surface area contributed by atoms with E-state index < -0.39 is 11.7 Å². The number of halogens is 3. The van der Waals surface area contributed by atoms with Crippen molar-refractivity contribution in [3.63, 3.8) is 0 Å². The molecule has 0 aliphatic carbocycles. The van der Waals surface area contributed by atoms with Crippen molar-refractivity contribution in [1.82, 2.24) is 0 Å². The average molecular weight is 290 g/mol. The lowest BCUT2D eigenvalue weighted by molar-refractivity contribution is -0.138. The average Bonchev–Trinajstić information content (AvgIpc) is 2.41. The van der Waals surface area contributed by atoms with E-state index in [1.807, 2.05) is 13.8 Å². The number of hydrogen-bond donors (Lipinski definition) is 1. The molecule has 0 saturated heterocycles. The number of benzene rings is 1. The smallest absolute Gasteiger partial charge is 0.416 e. The van der Waals surface area contributed by atoms with Crippen LogP contribution in [-0.2, 0) is 12.6 Å². The maximum Gasteiger partial charge on any atom is 0.416 e. The minimum atomic E-state index is -4.39. The van der Waals surface area contributed by atoms with E-state index in [0.29, 0.717) is 18.8 Å². The minimum Gasteiger partial charge on any atom is -0.491 e. The van der Waals surface area contributed by atoms with Gasteiger partial charge < -0.3 is 9.84 Å². The highest BCUT2D eigenvalue weighted by atomic mass is 19.4. The van der Waals surface area contributed by atoms with Gasteiger partial charge in [0.2, 0.25) is 0 Å². The lowest BCUT2D eigenvalue weighted by Gasteiger charge is -2.18. The zero-order valence-electron chi connectivity index (χ0n) is 11.8. The maximum absolute atomic E-state index is 13.1. The van der Waals surface area contributed by atoms with E-state index in [1.165, 1.54) is 12.1 Å². The van der Waals surface area contributed by atoms with Crippen LogP contribution < -0.4 is 4.74 Å². The maximum atomic E-state index is 13.1. The van der Waals surface area contributed by atoms with Gasteiger partial charge in [0.25, 0.3) is 0 Å². The molecule has 1 unspecified atom stereocenters. The van der Waals surface area contributed by atoms with Gasteiger partial charge in [-0.2, -0.15) is 13.2 Å². The Labute approximate surface area is 117 Å². The van der Waals surface area contributed by atoms with Crippen molar-refractivity contribution in [2.75, 3.05) is 13.2 Å². The van der Waals surface area contributed by atoms with Crippen molar-refractivity contribution in [2.45, 2.75) is 39.3 Å². The highest BCUT2D eigenvalue weighted by molar-refractivity contribution is 5.42. The van der Waals surface area contributed by atoms with E-state index in [1.54, 1.807) is 0 Å². The van der Waals surface area contributed by atoms with Crippen LogP contribution in [0.1, 0.15) is 37.8 Å². The lowest BCUT2D eigenvalue weighted by atomic mass is 9.95. The first-order valence-corrected chi connectivity index (χ1v) is 6.82. The molecule has 2 nitrogen and oxygen atoms in total. The van der Waals surface area contributed by atoms with Crippen molar-refractivity contribution in [3.05, 3.63) is 29.3 Å². The van der Waals surface area contributed by atoms with Crippen LogP contribution in [0, 0.1) is 5.92 Å². The monoisotopic (exact) mass is 290 g/mol. The Morgan fingerprint density at radius 2 is 2.00 bits per heavy atom. The van der Waals surface area contributed by atoms with Gasteiger partial charge in [0, 0.05) is 5.56 Å². The van der Waals surface area contributed by atoms with Crippen molar-refractivity contribution in [3.8, 4) is 5.75 Å². The molecule has 0 aromatic heterocycles. The molecule has 1 rings (SSSR count). The second kappa shape index (κ2) is 7.53. The molecule has 0 fully saturated rings. The Balaban J connectivity index is 3.05. The Bertz CT molecular complexity index is 416. The SMILES string of the molecule is CCC(C)CCc1c(OCCO)cccc1C(F)(F)F. The summed E-state index contributed by atoms with van der Waals surface area (Å²) in [5.41, 5.74) is -0.454. The van der Waals surface area contributed by atoms with Gasteiger partial charge in [-0.3, -0.25) is 0 Å². The highest BCUT2D eigenvalue weighted by Crippen LogP contribution is 2.37. The summed E-state index contributed by atoms with van der Waals surface area (Å²) in [7, 11) is 0. The molecule has 20 heavy (non-hydrogen) atoms. The van der Waals surface area contributed by atoms with Crippen LogP contribution in [0.25, 0.3) is 0 Å². The first kappa shape index (κ1) is 16.8. The second-order valence-corrected chi connectivity index (χ2v) is 4.90. The van der Waals surface area contributed by atoms with Gasteiger partial charge >= 0.3 is 6.18 Å². The molecule has 5 heteroatoms. The summed E-state index contributed by atoms with van der Waals surface area (Å²) in [5, 5.41) is 8.76. The van der Waals surface area contributed by atoms with Crippen LogP contribution in [-0.4, -0.2) is 18.3 Å². The minimum absolute atomic E-state index is 0.00234. The summed E-state index contributed by atoms with van der Waals surface area (Å²) in [4.78, 5) is 0. The Kier molecular flexibility index (Phi) is 6.33. The quantitative estimate of drug-likeness (QED) is 0.820. The zero-order chi connectivity index (χ0) is 15.2. The standard InChI is InChI=1S/C15H21F3O2/c1-3-11(2)7-8-12-13(15(16,17)18)5-4-6-14(12)20-10-9-19/h4-6,11,19H,3,7-10H2,1-2H3. The largest absolute Gasteiger partial charge is 0.491 e. The fraction of sp³-hybridized carbons (Fsp3) is 0.600. The fourth-order valence-corrected chi connectivity index (χ4v) is 1.97. The predicted octanol–water partition coefficient (Wildman–Crippen LogP) is 4.06. The summed E-state index contributed by atoms with van der Waals surface area (Å²) in [5.74, 6) is 0.583. The second-order valence-electron chi connectivity index (χ2n) is 4.90. The van der Waals surface area contributed by atoms with Crippen molar-refractivity contribution >= 4 is 0 Å². The third-order valence-electron chi connectivity index (χ3n) is 3.37. The zero-order valence-corrected chi connectivity index (χ0v) is 11.8. The molecular weight excluding hydrogens is 269 g/mol. The van der Waals surface area contributed by atoms with E-state index in [2.05, 4.69) is 0 Å². The number of rotatable bonds is 7. The third-order valence-corrected chi connectivity index (χ3v) is 3.37. The van der Waals surface area contributed by atoms with E-state index in [0.717, 1.165) is 12.5 Å². The molecule has 1 aromatic rings. The Morgan fingerprint density at radius 1 is 1.30 bits per heavy atom. The number of hydrogen-bond acceptors (Lipinski definition) is 2. The molecular formula is C15H21F3O2. The molecule has 1 atom stereocenters. The van der Waals surface area contributed by atoms with E-state index in [9.17, 15) is 13.2 Å². The fourth-order valence-electron chi connectivity index (χ4n) is 1.97. The van der Waals surface area contributed by atoms with Gasteiger partial charge in [0.15, 0.2) is 0 Å². The Hall–Kier alpha value is -1.23. The summed E-state index contributed by atoms with van der Waals surface area (Å²) < 4.78 is 44.4. The molecule has 0 amide bonds. The molecule has 114 valence electrons. The summed E-state index contributed by atoms with van der Waals surface area (Å²) in [6.45, 7) is 3.81. The predicted molar refractivity (Wildman–Crippen MR) is 71.8 cm³/mol. The van der Waals surface area contributed by atoms with Crippen LogP contribution in [0.4, 0.5) is 13.2 Å². The number of aliphatic hydroxyl groups is 1. The topological polar surface area (TPSA) is 29.5 Å². The normalized spacial score (nSPS) is 13.3. The molecule has 0 aliphatic heterocycles. The summed E-state index contributed by atoms with van der Waals surface area (Å²) in [6, 6.07) is 3.94. The lowest BCUT2D eigenvalue weighted by Crippen LogP contribution is -2.13. The third kappa shape index (κ3) is 4.71. The highest BCUT2D eigenvalue weighted by Gasteiger charge is 2.34. The van der Waals surface area contributed by atoms with E-state index >= 15 is 0 Å². The van der Waals surface area contributed by atoms with Crippen molar-refractivity contribution in [2.24, 2.45) is 5.92 Å². The van der Waals surface area contributed by atoms with Gasteiger partial charge in [-0.05, 0) is 30.9 Å². The van der Waals surface area contributed by atoms with Crippen LogP contribution in [0.5, 0.6) is 5.75 Å². The number of alkyl halides is 3. The molecule has 0 heterocycles. The Morgan fingerprint density at radius 3 is 2.55 bits per heavy atom. The van der Waals surface area contributed by atoms with Crippen LogP contribution in [0.2, 0.25) is 0 Å². The van der Waals surface area contributed by atoms with Gasteiger partial charge in [-0.1, -0.05) is 26.3 Å². The molecule has 0 radical (unpaired) electrons. The molecule has 1 aromatic carbocycles. The van der Waals surface area contributed by atoms with Crippen LogP contribution in [0.3, 0.4) is 0 Å². The van der Waals surface area contributed by atoms with Gasteiger partial charge in [-0.25, -0.2) is 0 Å².